The molecule has 2 aliphatic heterocycles. The van der Waals surface area contributed by atoms with Crippen LogP contribution in [0.25, 0.3) is 0 Å². The fraction of sp³-hybridized carbons (Fsp3) is 0.765. The molecule has 1 aliphatic carbocycles. The Bertz CT molecular complexity index is 466. The van der Waals surface area contributed by atoms with Gasteiger partial charge in [-0.1, -0.05) is 12.8 Å². The minimum absolute atomic E-state index is 0.0555. The molecule has 116 valence electrons. The van der Waals surface area contributed by atoms with Gasteiger partial charge in [0.05, 0.1) is 5.57 Å². The maximum absolute atomic E-state index is 13.0. The fourth-order valence-corrected chi connectivity index (χ4v) is 4.01. The van der Waals surface area contributed by atoms with Crippen LogP contribution in [0.3, 0.4) is 0 Å². The lowest BCUT2D eigenvalue weighted by Crippen LogP contribution is -2.43. The molecule has 21 heavy (non-hydrogen) atoms. The van der Waals surface area contributed by atoms with E-state index in [2.05, 4.69) is 0 Å². The summed E-state index contributed by atoms with van der Waals surface area (Å²) in [7, 11) is 0. The maximum Gasteiger partial charge on any atom is 0.335 e. The molecule has 1 saturated carbocycles. The lowest BCUT2D eigenvalue weighted by molar-refractivity contribution is -0.148. The Hall–Kier alpha value is -1.32. The summed E-state index contributed by atoms with van der Waals surface area (Å²) in [6, 6.07) is 0. The number of likely N-dealkylation sites (tertiary alicyclic amines) is 1. The lowest BCUT2D eigenvalue weighted by Gasteiger charge is -2.34. The van der Waals surface area contributed by atoms with Crippen LogP contribution in [0.4, 0.5) is 0 Å². The zero-order chi connectivity index (χ0) is 14.9. The largest absolute Gasteiger partial charge is 0.451 e. The minimum atomic E-state index is -0.619. The van der Waals surface area contributed by atoms with Crippen LogP contribution >= 0.6 is 0 Å². The van der Waals surface area contributed by atoms with Crippen LogP contribution in [-0.4, -0.2) is 35.5 Å². The molecule has 0 N–H and O–H groups in total. The van der Waals surface area contributed by atoms with Crippen molar-refractivity contribution < 1.29 is 14.3 Å². The summed E-state index contributed by atoms with van der Waals surface area (Å²) in [5.41, 5.74) is 0.607. The van der Waals surface area contributed by atoms with Gasteiger partial charge < -0.3 is 9.64 Å². The molecule has 2 fully saturated rings. The SMILES string of the molecule is CC1=C(C(=O)N2CCCCC2)C2(CCCCCC2)OC1=O. The number of esters is 1. The Morgan fingerprint density at radius 1 is 1.00 bits per heavy atom. The van der Waals surface area contributed by atoms with Crippen molar-refractivity contribution in [3.63, 3.8) is 0 Å². The van der Waals surface area contributed by atoms with Crippen LogP contribution in [0.15, 0.2) is 11.1 Å². The summed E-state index contributed by atoms with van der Waals surface area (Å²) >= 11 is 0. The highest BCUT2D eigenvalue weighted by Gasteiger charge is 2.49. The van der Waals surface area contributed by atoms with E-state index < -0.39 is 5.60 Å². The van der Waals surface area contributed by atoms with Gasteiger partial charge in [-0.25, -0.2) is 4.79 Å². The van der Waals surface area contributed by atoms with Crippen LogP contribution in [0, 0.1) is 0 Å². The van der Waals surface area contributed by atoms with Gasteiger partial charge in [-0.3, -0.25) is 4.79 Å². The van der Waals surface area contributed by atoms with E-state index in [9.17, 15) is 9.59 Å². The summed E-state index contributed by atoms with van der Waals surface area (Å²) in [5.74, 6) is -0.225. The standard InChI is InChI=1S/C17H25NO3/c1-13-14(15(19)18-11-7-4-8-12-18)17(21-16(13)20)9-5-2-3-6-10-17/h2-12H2,1H3. The number of amides is 1. The van der Waals surface area contributed by atoms with E-state index in [4.69, 9.17) is 4.74 Å². The van der Waals surface area contributed by atoms with Gasteiger partial charge >= 0.3 is 5.97 Å². The van der Waals surface area contributed by atoms with Crippen molar-refractivity contribution in [2.24, 2.45) is 0 Å². The molecule has 0 bridgehead atoms. The van der Waals surface area contributed by atoms with E-state index in [-0.39, 0.29) is 11.9 Å². The summed E-state index contributed by atoms with van der Waals surface area (Å²) < 4.78 is 5.75. The van der Waals surface area contributed by atoms with Gasteiger partial charge in [0.25, 0.3) is 5.91 Å². The van der Waals surface area contributed by atoms with E-state index in [1.165, 1.54) is 19.3 Å². The first-order chi connectivity index (χ1) is 10.1. The van der Waals surface area contributed by atoms with Crippen LogP contribution in [0.5, 0.6) is 0 Å². The van der Waals surface area contributed by atoms with Crippen LogP contribution in [-0.2, 0) is 14.3 Å². The highest BCUT2D eigenvalue weighted by atomic mass is 16.6. The minimum Gasteiger partial charge on any atom is -0.451 e. The molecule has 0 atom stereocenters. The third-order valence-corrected chi connectivity index (χ3v) is 5.19. The van der Waals surface area contributed by atoms with Crippen LogP contribution < -0.4 is 0 Å². The smallest absolute Gasteiger partial charge is 0.335 e. The monoisotopic (exact) mass is 291 g/mol. The van der Waals surface area contributed by atoms with Gasteiger partial charge in [-0.15, -0.1) is 0 Å². The third kappa shape index (κ3) is 2.60. The first-order valence-electron chi connectivity index (χ1n) is 8.38. The van der Waals surface area contributed by atoms with Crippen molar-refractivity contribution in [1.29, 1.82) is 0 Å². The van der Waals surface area contributed by atoms with E-state index in [0.717, 1.165) is 51.6 Å². The number of hydrogen-bond donors (Lipinski definition) is 0. The molecular formula is C17H25NO3. The maximum atomic E-state index is 13.0. The van der Waals surface area contributed by atoms with E-state index in [0.29, 0.717) is 11.1 Å². The van der Waals surface area contributed by atoms with Crippen LogP contribution in [0.2, 0.25) is 0 Å². The first-order valence-corrected chi connectivity index (χ1v) is 8.38. The molecule has 4 heteroatoms. The average molecular weight is 291 g/mol. The number of carbonyl (C=O) groups is 2. The van der Waals surface area contributed by atoms with Crippen molar-refractivity contribution in [3.05, 3.63) is 11.1 Å². The van der Waals surface area contributed by atoms with Gasteiger partial charge in [-0.2, -0.15) is 0 Å². The zero-order valence-corrected chi connectivity index (χ0v) is 13.0. The summed E-state index contributed by atoms with van der Waals surface area (Å²) in [6.45, 7) is 3.40. The van der Waals surface area contributed by atoms with Crippen molar-refractivity contribution >= 4 is 11.9 Å². The normalized spacial score (nSPS) is 26.0. The highest BCUT2D eigenvalue weighted by Crippen LogP contribution is 2.43. The van der Waals surface area contributed by atoms with Crippen molar-refractivity contribution in [2.45, 2.75) is 70.3 Å². The van der Waals surface area contributed by atoms with Gasteiger partial charge in [0.2, 0.25) is 0 Å². The number of carbonyl (C=O) groups excluding carboxylic acids is 2. The van der Waals surface area contributed by atoms with Gasteiger partial charge in [0.1, 0.15) is 5.60 Å². The Morgan fingerprint density at radius 2 is 1.57 bits per heavy atom. The molecular weight excluding hydrogens is 266 g/mol. The summed E-state index contributed by atoms with van der Waals surface area (Å²) in [5, 5.41) is 0. The predicted molar refractivity (Wildman–Crippen MR) is 79.7 cm³/mol. The van der Waals surface area contributed by atoms with Crippen molar-refractivity contribution in [3.8, 4) is 0 Å². The quantitative estimate of drug-likeness (QED) is 0.698. The lowest BCUT2D eigenvalue weighted by atomic mass is 9.84. The fourth-order valence-electron chi connectivity index (χ4n) is 4.01. The summed E-state index contributed by atoms with van der Waals surface area (Å²) in [6.07, 6.45) is 9.37. The Kier molecular flexibility index (Phi) is 4.05. The molecule has 3 aliphatic rings. The van der Waals surface area contributed by atoms with Crippen LogP contribution in [0.1, 0.15) is 64.7 Å². The van der Waals surface area contributed by atoms with E-state index in [1.54, 1.807) is 6.92 Å². The molecule has 3 rings (SSSR count). The second-order valence-corrected chi connectivity index (χ2v) is 6.65. The number of piperidine rings is 1. The number of nitrogens with zero attached hydrogens (tertiary/aromatic N) is 1. The number of hydrogen-bond acceptors (Lipinski definition) is 3. The zero-order valence-electron chi connectivity index (χ0n) is 13.0. The molecule has 0 aromatic heterocycles. The first kappa shape index (κ1) is 14.6. The Balaban J connectivity index is 1.91. The number of rotatable bonds is 1. The average Bonchev–Trinajstić information content (AvgIpc) is 2.66. The molecule has 4 nitrogen and oxygen atoms in total. The van der Waals surface area contributed by atoms with E-state index >= 15 is 0 Å². The van der Waals surface area contributed by atoms with Crippen molar-refractivity contribution in [2.75, 3.05) is 13.1 Å². The number of ether oxygens (including phenoxy) is 1. The van der Waals surface area contributed by atoms with Gasteiger partial charge in [0.15, 0.2) is 0 Å². The summed E-state index contributed by atoms with van der Waals surface area (Å²) in [4.78, 5) is 27.0. The molecule has 1 saturated heterocycles. The molecule has 0 radical (unpaired) electrons. The second kappa shape index (κ2) is 5.82. The molecule has 0 aromatic rings. The molecule has 0 unspecified atom stereocenters. The Labute approximate surface area is 126 Å². The highest BCUT2D eigenvalue weighted by molar-refractivity contribution is 6.07. The second-order valence-electron chi connectivity index (χ2n) is 6.65. The molecule has 2 heterocycles. The van der Waals surface area contributed by atoms with Crippen molar-refractivity contribution in [1.82, 2.24) is 4.90 Å². The third-order valence-electron chi connectivity index (χ3n) is 5.19. The van der Waals surface area contributed by atoms with Gasteiger partial charge in [-0.05, 0) is 51.9 Å². The molecule has 1 amide bonds. The topological polar surface area (TPSA) is 46.6 Å². The predicted octanol–water partition coefficient (Wildman–Crippen LogP) is 2.97. The Morgan fingerprint density at radius 3 is 2.19 bits per heavy atom. The molecule has 0 aromatic carbocycles. The molecule has 1 spiro atoms. The van der Waals surface area contributed by atoms with Gasteiger partial charge in [0, 0.05) is 18.7 Å². The van der Waals surface area contributed by atoms with E-state index in [1.807, 2.05) is 4.90 Å².